The molecule has 2 aromatic carbocycles. The lowest BCUT2D eigenvalue weighted by molar-refractivity contribution is 0.220. The zero-order chi connectivity index (χ0) is 12.1. The predicted molar refractivity (Wildman–Crippen MR) is 67.7 cm³/mol. The van der Waals surface area contributed by atoms with Crippen LogP contribution in [-0.2, 0) is 6.42 Å². The molecule has 2 N–H and O–H groups in total. The summed E-state index contributed by atoms with van der Waals surface area (Å²) in [5.74, 6) is 0. The summed E-state index contributed by atoms with van der Waals surface area (Å²) in [4.78, 5) is 0. The zero-order valence-corrected chi connectivity index (χ0v) is 9.58. The van der Waals surface area contributed by atoms with Crippen LogP contribution in [-0.4, -0.2) is 16.8 Å². The Hall–Kier alpha value is -1.64. The second kappa shape index (κ2) is 5.62. The normalized spacial score (nSPS) is 12.4. The topological polar surface area (TPSA) is 40.5 Å². The maximum atomic E-state index is 10.2. The highest BCUT2D eigenvalue weighted by molar-refractivity contribution is 5.31. The summed E-state index contributed by atoms with van der Waals surface area (Å²) < 4.78 is 0. The van der Waals surface area contributed by atoms with Crippen molar-refractivity contribution in [1.82, 2.24) is 0 Å². The maximum Gasteiger partial charge on any atom is 0.104 e. The number of rotatable bonds is 4. The van der Waals surface area contributed by atoms with Gasteiger partial charge in [0.2, 0.25) is 0 Å². The van der Waals surface area contributed by atoms with Gasteiger partial charge in [-0.15, -0.1) is 0 Å². The van der Waals surface area contributed by atoms with Gasteiger partial charge in [-0.1, -0.05) is 54.6 Å². The van der Waals surface area contributed by atoms with Crippen molar-refractivity contribution in [2.75, 3.05) is 6.61 Å². The van der Waals surface area contributed by atoms with Gasteiger partial charge in [-0.05, 0) is 23.1 Å². The van der Waals surface area contributed by atoms with E-state index >= 15 is 0 Å². The molecule has 2 heteroatoms. The van der Waals surface area contributed by atoms with Crippen molar-refractivity contribution < 1.29 is 10.2 Å². The third kappa shape index (κ3) is 2.93. The minimum atomic E-state index is -0.584. The quantitative estimate of drug-likeness (QED) is 0.843. The lowest BCUT2D eigenvalue weighted by Gasteiger charge is -2.11. The zero-order valence-electron chi connectivity index (χ0n) is 9.58. The highest BCUT2D eigenvalue weighted by atomic mass is 16.3. The van der Waals surface area contributed by atoms with Gasteiger partial charge in [0.1, 0.15) is 6.10 Å². The van der Waals surface area contributed by atoms with E-state index < -0.39 is 6.10 Å². The summed E-state index contributed by atoms with van der Waals surface area (Å²) in [5, 5.41) is 19.0. The van der Waals surface area contributed by atoms with E-state index in [0.717, 1.165) is 16.7 Å². The van der Waals surface area contributed by atoms with Gasteiger partial charge in [0, 0.05) is 6.61 Å². The highest BCUT2D eigenvalue weighted by Gasteiger charge is 2.09. The lowest BCUT2D eigenvalue weighted by atomic mass is 10.00. The Morgan fingerprint density at radius 2 is 1.41 bits per heavy atom. The first-order valence-corrected chi connectivity index (χ1v) is 5.74. The molecular weight excluding hydrogens is 212 g/mol. The molecule has 1 unspecified atom stereocenters. The van der Waals surface area contributed by atoms with Crippen LogP contribution >= 0.6 is 0 Å². The van der Waals surface area contributed by atoms with Gasteiger partial charge in [0.25, 0.3) is 0 Å². The Balaban J connectivity index is 2.17. The first kappa shape index (κ1) is 11.8. The van der Waals surface area contributed by atoms with Crippen LogP contribution in [0.3, 0.4) is 0 Å². The molecule has 0 bridgehead atoms. The second-order valence-corrected chi connectivity index (χ2v) is 4.03. The number of aliphatic hydroxyl groups excluding tert-OH is 2. The molecule has 88 valence electrons. The van der Waals surface area contributed by atoms with Crippen molar-refractivity contribution in [2.45, 2.75) is 12.5 Å². The van der Waals surface area contributed by atoms with Crippen LogP contribution in [0, 0.1) is 0 Å². The average molecular weight is 228 g/mol. The van der Waals surface area contributed by atoms with E-state index in [1.807, 2.05) is 54.6 Å². The molecule has 0 heterocycles. The summed E-state index contributed by atoms with van der Waals surface area (Å²) in [7, 11) is 0. The molecule has 2 nitrogen and oxygen atoms in total. The number of aliphatic hydroxyl groups is 2. The first-order valence-electron chi connectivity index (χ1n) is 5.74. The van der Waals surface area contributed by atoms with E-state index in [4.69, 9.17) is 5.11 Å². The van der Waals surface area contributed by atoms with E-state index in [1.165, 1.54) is 0 Å². The summed E-state index contributed by atoms with van der Waals surface area (Å²) in [5.41, 5.74) is 2.84. The minimum Gasteiger partial charge on any atom is -0.396 e. The van der Waals surface area contributed by atoms with Crippen LogP contribution in [0.1, 0.15) is 22.8 Å². The number of hydrogen-bond donors (Lipinski definition) is 2. The van der Waals surface area contributed by atoms with Crippen LogP contribution in [0.5, 0.6) is 0 Å². The van der Waals surface area contributed by atoms with Gasteiger partial charge >= 0.3 is 0 Å². The fraction of sp³-hybridized carbons (Fsp3) is 0.200. The molecule has 0 saturated carbocycles. The standard InChI is InChI=1S/C15H16O2/c16-11-10-12-6-8-14(9-7-12)15(17)13-4-2-1-3-5-13/h1-9,15-17H,10-11H2. The molecule has 1 atom stereocenters. The Morgan fingerprint density at radius 1 is 0.824 bits per heavy atom. The van der Waals surface area contributed by atoms with E-state index in [2.05, 4.69) is 0 Å². The Kier molecular flexibility index (Phi) is 3.91. The van der Waals surface area contributed by atoms with Crippen LogP contribution in [0.25, 0.3) is 0 Å². The number of hydrogen-bond acceptors (Lipinski definition) is 2. The third-order valence-electron chi connectivity index (χ3n) is 2.81. The van der Waals surface area contributed by atoms with Gasteiger partial charge < -0.3 is 10.2 Å². The molecule has 0 aromatic heterocycles. The molecule has 0 saturated heterocycles. The summed E-state index contributed by atoms with van der Waals surface area (Å²) >= 11 is 0. The molecule has 0 aliphatic rings. The third-order valence-corrected chi connectivity index (χ3v) is 2.81. The predicted octanol–water partition coefficient (Wildman–Crippen LogP) is 2.30. The summed E-state index contributed by atoms with van der Waals surface area (Å²) in [6.45, 7) is 0.153. The molecule has 2 aromatic rings. The van der Waals surface area contributed by atoms with Crippen LogP contribution in [0.2, 0.25) is 0 Å². The van der Waals surface area contributed by atoms with E-state index in [9.17, 15) is 5.11 Å². The van der Waals surface area contributed by atoms with Gasteiger partial charge in [-0.3, -0.25) is 0 Å². The van der Waals surface area contributed by atoms with E-state index in [0.29, 0.717) is 6.42 Å². The maximum absolute atomic E-state index is 10.2. The van der Waals surface area contributed by atoms with Gasteiger partial charge in [0.05, 0.1) is 0 Å². The minimum absolute atomic E-state index is 0.153. The van der Waals surface area contributed by atoms with E-state index in [-0.39, 0.29) is 6.61 Å². The molecule has 0 radical (unpaired) electrons. The van der Waals surface area contributed by atoms with Gasteiger partial charge in [-0.2, -0.15) is 0 Å². The van der Waals surface area contributed by atoms with Gasteiger partial charge in [0.15, 0.2) is 0 Å². The average Bonchev–Trinajstić information content (AvgIpc) is 2.40. The lowest BCUT2D eigenvalue weighted by Crippen LogP contribution is -1.99. The van der Waals surface area contributed by atoms with Gasteiger partial charge in [-0.25, -0.2) is 0 Å². The van der Waals surface area contributed by atoms with E-state index in [1.54, 1.807) is 0 Å². The summed E-state index contributed by atoms with van der Waals surface area (Å²) in [6, 6.07) is 17.3. The Bertz CT molecular complexity index is 448. The van der Waals surface area contributed by atoms with Crippen molar-refractivity contribution >= 4 is 0 Å². The van der Waals surface area contributed by atoms with Crippen molar-refractivity contribution in [3.63, 3.8) is 0 Å². The molecule has 0 spiro atoms. The molecule has 0 aliphatic carbocycles. The van der Waals surface area contributed by atoms with Crippen LogP contribution < -0.4 is 0 Å². The molecule has 0 aliphatic heterocycles. The van der Waals surface area contributed by atoms with Crippen molar-refractivity contribution in [3.05, 3.63) is 71.3 Å². The Labute approximate surface area is 101 Å². The molecular formula is C15H16O2. The van der Waals surface area contributed by atoms with Crippen LogP contribution in [0.4, 0.5) is 0 Å². The van der Waals surface area contributed by atoms with Crippen molar-refractivity contribution in [3.8, 4) is 0 Å². The first-order chi connectivity index (χ1) is 8.31. The molecule has 2 rings (SSSR count). The molecule has 0 amide bonds. The Morgan fingerprint density at radius 3 is 2.00 bits per heavy atom. The number of benzene rings is 2. The molecule has 17 heavy (non-hydrogen) atoms. The van der Waals surface area contributed by atoms with Crippen LogP contribution in [0.15, 0.2) is 54.6 Å². The monoisotopic (exact) mass is 228 g/mol. The smallest absolute Gasteiger partial charge is 0.104 e. The largest absolute Gasteiger partial charge is 0.396 e. The fourth-order valence-corrected chi connectivity index (χ4v) is 1.82. The van der Waals surface area contributed by atoms with Crippen molar-refractivity contribution in [2.24, 2.45) is 0 Å². The fourth-order valence-electron chi connectivity index (χ4n) is 1.82. The summed E-state index contributed by atoms with van der Waals surface area (Å²) in [6.07, 6.45) is 0.0706. The highest BCUT2D eigenvalue weighted by Crippen LogP contribution is 2.21. The molecule has 0 fully saturated rings. The van der Waals surface area contributed by atoms with Crippen molar-refractivity contribution in [1.29, 1.82) is 0 Å². The second-order valence-electron chi connectivity index (χ2n) is 4.03. The SMILES string of the molecule is OCCc1ccc(C(O)c2ccccc2)cc1.